The molecule has 1 heterocycles. The number of nitro groups is 1. The van der Waals surface area contributed by atoms with Crippen LogP contribution in [0.1, 0.15) is 11.1 Å². The molecule has 0 aliphatic carbocycles. The van der Waals surface area contributed by atoms with Crippen LogP contribution in [0.25, 0.3) is 6.08 Å². The Labute approximate surface area is 154 Å². The van der Waals surface area contributed by atoms with Crippen molar-refractivity contribution < 1.29 is 14.5 Å². The predicted molar refractivity (Wildman–Crippen MR) is 99.5 cm³/mol. The van der Waals surface area contributed by atoms with Crippen molar-refractivity contribution in [2.24, 2.45) is 4.99 Å². The van der Waals surface area contributed by atoms with E-state index in [0.29, 0.717) is 5.56 Å². The van der Waals surface area contributed by atoms with Crippen molar-refractivity contribution in [3.8, 4) is 0 Å². The van der Waals surface area contributed by atoms with Crippen LogP contribution < -0.4 is 4.90 Å². The van der Waals surface area contributed by atoms with Crippen molar-refractivity contribution in [2.75, 3.05) is 19.0 Å². The van der Waals surface area contributed by atoms with E-state index in [-0.39, 0.29) is 22.3 Å². The van der Waals surface area contributed by atoms with Gasteiger partial charge in [0.15, 0.2) is 5.70 Å². The van der Waals surface area contributed by atoms with E-state index < -0.39 is 10.9 Å². The van der Waals surface area contributed by atoms with Crippen LogP contribution in [0.5, 0.6) is 0 Å². The van der Waals surface area contributed by atoms with Crippen molar-refractivity contribution >= 4 is 40.9 Å². The topological polar surface area (TPSA) is 85.0 Å². The summed E-state index contributed by atoms with van der Waals surface area (Å²) < 4.78 is 5.14. The highest BCUT2D eigenvalue weighted by molar-refractivity contribution is 6.32. The number of aliphatic imine (C=N–C) groups is 1. The molecule has 3 rings (SSSR count). The van der Waals surface area contributed by atoms with Crippen molar-refractivity contribution in [1.82, 2.24) is 0 Å². The third kappa shape index (κ3) is 3.57. The molecular formula is C18H14ClN3O4. The quantitative estimate of drug-likeness (QED) is 0.354. The summed E-state index contributed by atoms with van der Waals surface area (Å²) in [4.78, 5) is 28.6. The molecule has 26 heavy (non-hydrogen) atoms. The first-order chi connectivity index (χ1) is 12.3. The van der Waals surface area contributed by atoms with E-state index in [4.69, 9.17) is 16.3 Å². The maximum atomic E-state index is 12.1. The van der Waals surface area contributed by atoms with Crippen molar-refractivity contribution in [1.29, 1.82) is 0 Å². The van der Waals surface area contributed by atoms with Gasteiger partial charge in [-0.1, -0.05) is 23.7 Å². The molecule has 0 radical (unpaired) electrons. The fourth-order valence-corrected chi connectivity index (χ4v) is 2.53. The highest BCUT2D eigenvalue weighted by Crippen LogP contribution is 2.27. The first-order valence-corrected chi connectivity index (χ1v) is 7.97. The average Bonchev–Trinajstić information content (AvgIpc) is 2.96. The van der Waals surface area contributed by atoms with Gasteiger partial charge < -0.3 is 9.64 Å². The van der Waals surface area contributed by atoms with Gasteiger partial charge in [-0.05, 0) is 35.9 Å². The SMILES string of the molecule is CN(C)c1ccc(/C=C2/N=C(c3ccc(Cl)c([N+](=O)[O-])c3)OC2=O)cc1. The molecule has 0 atom stereocenters. The van der Waals surface area contributed by atoms with Crippen LogP contribution in [0.4, 0.5) is 11.4 Å². The van der Waals surface area contributed by atoms with E-state index in [1.54, 1.807) is 6.08 Å². The first kappa shape index (κ1) is 17.6. The van der Waals surface area contributed by atoms with Gasteiger partial charge in [0.2, 0.25) is 5.90 Å². The minimum Gasteiger partial charge on any atom is -0.402 e. The molecule has 0 N–H and O–H groups in total. The Kier molecular flexibility index (Phi) is 4.73. The molecule has 0 aromatic heterocycles. The molecule has 0 unspecified atom stereocenters. The molecule has 0 saturated heterocycles. The maximum Gasteiger partial charge on any atom is 0.363 e. The normalized spacial score (nSPS) is 15.0. The summed E-state index contributed by atoms with van der Waals surface area (Å²) in [6.07, 6.45) is 1.60. The number of esters is 1. The molecule has 0 fully saturated rings. The molecular weight excluding hydrogens is 358 g/mol. The largest absolute Gasteiger partial charge is 0.402 e. The zero-order valence-electron chi connectivity index (χ0n) is 14.0. The molecule has 132 valence electrons. The van der Waals surface area contributed by atoms with E-state index in [2.05, 4.69) is 4.99 Å². The van der Waals surface area contributed by atoms with Crippen LogP contribution in [0.2, 0.25) is 5.02 Å². The number of hydrogen-bond acceptors (Lipinski definition) is 6. The lowest BCUT2D eigenvalue weighted by atomic mass is 10.1. The van der Waals surface area contributed by atoms with E-state index in [9.17, 15) is 14.9 Å². The summed E-state index contributed by atoms with van der Waals surface area (Å²) in [5.41, 5.74) is 1.96. The van der Waals surface area contributed by atoms with E-state index in [0.717, 1.165) is 11.3 Å². The summed E-state index contributed by atoms with van der Waals surface area (Å²) in [5.74, 6) is -0.611. The molecule has 0 bridgehead atoms. The molecule has 1 aliphatic heterocycles. The Morgan fingerprint density at radius 1 is 1.19 bits per heavy atom. The number of ether oxygens (including phenoxy) is 1. The number of rotatable bonds is 4. The number of cyclic esters (lactones) is 1. The number of benzene rings is 2. The Morgan fingerprint density at radius 3 is 2.50 bits per heavy atom. The molecule has 0 amide bonds. The van der Waals surface area contributed by atoms with Gasteiger partial charge in [0.1, 0.15) is 5.02 Å². The fraction of sp³-hybridized carbons (Fsp3) is 0.111. The van der Waals surface area contributed by atoms with Gasteiger partial charge in [-0.15, -0.1) is 0 Å². The first-order valence-electron chi connectivity index (χ1n) is 7.59. The second kappa shape index (κ2) is 6.97. The van der Waals surface area contributed by atoms with E-state index >= 15 is 0 Å². The van der Waals surface area contributed by atoms with Crippen LogP contribution >= 0.6 is 11.6 Å². The standard InChI is InChI=1S/C18H14ClN3O4/c1-21(2)13-6-3-11(4-7-13)9-15-18(23)26-17(20-15)12-5-8-14(19)16(10-12)22(24)25/h3-10H,1-2H3/b15-9+. The average molecular weight is 372 g/mol. The molecule has 1 aliphatic rings. The lowest BCUT2D eigenvalue weighted by Gasteiger charge is -2.11. The summed E-state index contributed by atoms with van der Waals surface area (Å²) in [6.45, 7) is 0. The Bertz CT molecular complexity index is 949. The van der Waals surface area contributed by atoms with E-state index in [1.807, 2.05) is 43.3 Å². The second-order valence-electron chi connectivity index (χ2n) is 5.75. The summed E-state index contributed by atoms with van der Waals surface area (Å²) in [7, 11) is 3.87. The van der Waals surface area contributed by atoms with Gasteiger partial charge in [0.25, 0.3) is 5.69 Å². The molecule has 0 spiro atoms. The highest BCUT2D eigenvalue weighted by atomic mass is 35.5. The third-order valence-electron chi connectivity index (χ3n) is 3.72. The number of anilines is 1. The van der Waals surface area contributed by atoms with Crippen LogP contribution in [0, 0.1) is 10.1 Å². The van der Waals surface area contributed by atoms with Crippen LogP contribution in [0.3, 0.4) is 0 Å². The van der Waals surface area contributed by atoms with Gasteiger partial charge in [0, 0.05) is 31.4 Å². The Morgan fingerprint density at radius 2 is 1.88 bits per heavy atom. The van der Waals surface area contributed by atoms with E-state index in [1.165, 1.54) is 18.2 Å². The van der Waals surface area contributed by atoms with Gasteiger partial charge >= 0.3 is 5.97 Å². The Hall–Kier alpha value is -3.19. The highest BCUT2D eigenvalue weighted by Gasteiger charge is 2.26. The van der Waals surface area contributed by atoms with Crippen LogP contribution in [-0.4, -0.2) is 30.9 Å². The maximum absolute atomic E-state index is 12.1. The Balaban J connectivity index is 1.91. The number of nitrogens with zero attached hydrogens (tertiary/aromatic N) is 3. The summed E-state index contributed by atoms with van der Waals surface area (Å²) in [5, 5.41) is 11.0. The summed E-state index contributed by atoms with van der Waals surface area (Å²) >= 11 is 5.79. The third-order valence-corrected chi connectivity index (χ3v) is 4.04. The smallest absolute Gasteiger partial charge is 0.363 e. The van der Waals surface area contributed by atoms with Crippen molar-refractivity contribution in [3.05, 3.63) is 74.4 Å². The second-order valence-corrected chi connectivity index (χ2v) is 6.15. The van der Waals surface area contributed by atoms with Crippen molar-refractivity contribution in [2.45, 2.75) is 0 Å². The number of carbonyl (C=O) groups excluding carboxylic acids is 1. The number of carbonyl (C=O) groups is 1. The number of halogens is 1. The number of hydrogen-bond donors (Lipinski definition) is 0. The minimum atomic E-state index is -0.616. The summed E-state index contributed by atoms with van der Waals surface area (Å²) in [6, 6.07) is 11.7. The van der Waals surface area contributed by atoms with Crippen LogP contribution in [0.15, 0.2) is 53.2 Å². The zero-order valence-corrected chi connectivity index (χ0v) is 14.7. The predicted octanol–water partition coefficient (Wildman–Crippen LogP) is 3.66. The molecule has 2 aromatic rings. The zero-order chi connectivity index (χ0) is 18.8. The fourth-order valence-electron chi connectivity index (χ4n) is 2.34. The number of nitro benzene ring substituents is 1. The van der Waals surface area contributed by atoms with Gasteiger partial charge in [-0.3, -0.25) is 10.1 Å². The minimum absolute atomic E-state index is 0.000390. The molecule has 7 nitrogen and oxygen atoms in total. The lowest BCUT2D eigenvalue weighted by molar-refractivity contribution is -0.384. The monoisotopic (exact) mass is 371 g/mol. The molecule has 2 aromatic carbocycles. The molecule has 8 heteroatoms. The van der Waals surface area contributed by atoms with Gasteiger partial charge in [0.05, 0.1) is 4.92 Å². The van der Waals surface area contributed by atoms with Crippen molar-refractivity contribution in [3.63, 3.8) is 0 Å². The van der Waals surface area contributed by atoms with Gasteiger partial charge in [-0.2, -0.15) is 0 Å². The van der Waals surface area contributed by atoms with Gasteiger partial charge in [-0.25, -0.2) is 9.79 Å². The molecule has 0 saturated carbocycles. The van der Waals surface area contributed by atoms with Crippen LogP contribution in [-0.2, 0) is 9.53 Å². The lowest BCUT2D eigenvalue weighted by Crippen LogP contribution is -2.08.